The van der Waals surface area contributed by atoms with Gasteiger partial charge in [0.1, 0.15) is 12.4 Å². The molecule has 4 nitrogen and oxygen atoms in total. The molecule has 3 N–H and O–H groups in total. The molecule has 0 atom stereocenters. The Morgan fingerprint density at radius 3 is 2.52 bits per heavy atom. The predicted octanol–water partition coefficient (Wildman–Crippen LogP) is 3.49. The summed E-state index contributed by atoms with van der Waals surface area (Å²) in [4.78, 5) is 10.8. The van der Waals surface area contributed by atoms with Crippen molar-refractivity contribution in [3.8, 4) is 5.75 Å². The van der Waals surface area contributed by atoms with Gasteiger partial charge in [-0.15, -0.1) is 0 Å². The number of carbonyl (C=O) groups is 1. The van der Waals surface area contributed by atoms with Gasteiger partial charge < -0.3 is 15.6 Å². The van der Waals surface area contributed by atoms with Gasteiger partial charge >= 0.3 is 5.97 Å². The van der Waals surface area contributed by atoms with Crippen LogP contribution in [0, 0.1) is 6.92 Å². The van der Waals surface area contributed by atoms with Crippen molar-refractivity contribution in [3.63, 3.8) is 0 Å². The van der Waals surface area contributed by atoms with Crippen molar-refractivity contribution in [2.75, 3.05) is 0 Å². The number of carboxylic acid groups (broad SMARTS) is 1. The third-order valence-corrected chi connectivity index (χ3v) is 3.58. The molecule has 0 aliphatic rings. The largest absolute Gasteiger partial charge is 0.488 e. The van der Waals surface area contributed by atoms with Gasteiger partial charge in [0.05, 0.1) is 5.56 Å². The Kier molecular flexibility index (Phi) is 4.98. The van der Waals surface area contributed by atoms with Crippen molar-refractivity contribution < 1.29 is 14.6 Å². The maximum atomic E-state index is 10.8. The van der Waals surface area contributed by atoms with Crippen LogP contribution in [-0.2, 0) is 13.2 Å². The molecule has 0 unspecified atom stereocenters. The van der Waals surface area contributed by atoms with Gasteiger partial charge in [-0.3, -0.25) is 0 Å². The van der Waals surface area contributed by atoms with E-state index in [0.717, 1.165) is 26.9 Å². The summed E-state index contributed by atoms with van der Waals surface area (Å²) in [6, 6.07) is 10.6. The first-order valence-electron chi connectivity index (χ1n) is 6.45. The van der Waals surface area contributed by atoms with E-state index < -0.39 is 5.97 Å². The number of aryl methyl sites for hydroxylation is 1. The molecular weight excluding hydrogens is 334 g/mol. The highest BCUT2D eigenvalue weighted by molar-refractivity contribution is 9.10. The summed E-state index contributed by atoms with van der Waals surface area (Å²) in [5, 5.41) is 8.86. The highest BCUT2D eigenvalue weighted by atomic mass is 79.9. The number of halogens is 1. The lowest BCUT2D eigenvalue weighted by atomic mass is 10.1. The first-order valence-corrected chi connectivity index (χ1v) is 7.24. The molecule has 2 rings (SSSR count). The number of hydrogen-bond donors (Lipinski definition) is 2. The van der Waals surface area contributed by atoms with E-state index in [1.165, 1.54) is 0 Å². The average Bonchev–Trinajstić information content (AvgIpc) is 2.46. The highest BCUT2D eigenvalue weighted by Gasteiger charge is 2.09. The number of ether oxygens (including phenoxy) is 1. The van der Waals surface area contributed by atoms with Crippen LogP contribution in [0.2, 0.25) is 0 Å². The maximum absolute atomic E-state index is 10.8. The molecule has 21 heavy (non-hydrogen) atoms. The van der Waals surface area contributed by atoms with Gasteiger partial charge in [-0.2, -0.15) is 0 Å². The van der Waals surface area contributed by atoms with Gasteiger partial charge in [0.15, 0.2) is 0 Å². The Morgan fingerprint density at radius 1 is 1.29 bits per heavy atom. The lowest BCUT2D eigenvalue weighted by Crippen LogP contribution is -2.05. The fourth-order valence-electron chi connectivity index (χ4n) is 2.06. The fourth-order valence-corrected chi connectivity index (χ4v) is 2.68. The van der Waals surface area contributed by atoms with E-state index in [1.54, 1.807) is 24.3 Å². The second kappa shape index (κ2) is 6.74. The SMILES string of the molecule is Cc1cc(Br)cc(CN)c1OCc1ccc(C(=O)O)cc1. The molecule has 0 aromatic heterocycles. The quantitative estimate of drug-likeness (QED) is 0.866. The molecule has 0 heterocycles. The normalized spacial score (nSPS) is 10.4. The van der Waals surface area contributed by atoms with Crippen LogP contribution >= 0.6 is 15.9 Å². The third kappa shape index (κ3) is 3.83. The number of carboxylic acids is 1. The van der Waals surface area contributed by atoms with Gasteiger partial charge in [-0.1, -0.05) is 28.1 Å². The minimum absolute atomic E-state index is 0.265. The molecular formula is C16H16BrNO3. The molecule has 110 valence electrons. The standard InChI is InChI=1S/C16H16BrNO3/c1-10-6-14(17)7-13(8-18)15(10)21-9-11-2-4-12(5-3-11)16(19)20/h2-7H,8-9,18H2,1H3,(H,19,20). The zero-order chi connectivity index (χ0) is 15.4. The smallest absolute Gasteiger partial charge is 0.335 e. The van der Waals surface area contributed by atoms with Crippen LogP contribution in [0.1, 0.15) is 27.0 Å². The van der Waals surface area contributed by atoms with E-state index in [2.05, 4.69) is 15.9 Å². The van der Waals surface area contributed by atoms with Gasteiger partial charge in [0.2, 0.25) is 0 Å². The summed E-state index contributed by atoms with van der Waals surface area (Å²) in [6.45, 7) is 2.73. The number of hydrogen-bond acceptors (Lipinski definition) is 3. The lowest BCUT2D eigenvalue weighted by Gasteiger charge is -2.14. The topological polar surface area (TPSA) is 72.5 Å². The molecule has 0 spiro atoms. The van der Waals surface area contributed by atoms with Crippen LogP contribution in [0.3, 0.4) is 0 Å². The van der Waals surface area contributed by atoms with E-state index in [4.69, 9.17) is 15.6 Å². The number of nitrogens with two attached hydrogens (primary N) is 1. The van der Waals surface area contributed by atoms with Gasteiger partial charge in [-0.05, 0) is 42.3 Å². The van der Waals surface area contributed by atoms with Gasteiger partial charge in [0.25, 0.3) is 0 Å². The van der Waals surface area contributed by atoms with Crippen LogP contribution in [0.4, 0.5) is 0 Å². The van der Waals surface area contributed by atoms with Crippen molar-refractivity contribution in [3.05, 3.63) is 63.1 Å². The second-order valence-electron chi connectivity index (χ2n) is 4.71. The molecule has 2 aromatic carbocycles. The number of aromatic carboxylic acids is 1. The summed E-state index contributed by atoms with van der Waals surface area (Å²) in [6.07, 6.45) is 0. The van der Waals surface area contributed by atoms with Crippen molar-refractivity contribution in [1.82, 2.24) is 0 Å². The van der Waals surface area contributed by atoms with Crippen LogP contribution in [0.5, 0.6) is 5.75 Å². The monoisotopic (exact) mass is 349 g/mol. The Bertz CT molecular complexity index is 653. The summed E-state index contributed by atoms with van der Waals surface area (Å²) in [5.74, 6) is -0.153. The van der Waals surface area contributed by atoms with E-state index in [0.29, 0.717) is 13.2 Å². The minimum Gasteiger partial charge on any atom is -0.488 e. The summed E-state index contributed by atoms with van der Waals surface area (Å²) in [7, 11) is 0. The van der Waals surface area contributed by atoms with Gasteiger partial charge in [-0.25, -0.2) is 4.79 Å². The molecule has 5 heteroatoms. The van der Waals surface area contributed by atoms with E-state index >= 15 is 0 Å². The van der Waals surface area contributed by atoms with Crippen molar-refractivity contribution >= 4 is 21.9 Å². The average molecular weight is 350 g/mol. The van der Waals surface area contributed by atoms with Crippen LogP contribution in [0.25, 0.3) is 0 Å². The Balaban J connectivity index is 2.14. The van der Waals surface area contributed by atoms with E-state index in [1.807, 2.05) is 19.1 Å². The molecule has 2 aromatic rings. The summed E-state index contributed by atoms with van der Waals surface area (Å²) in [5.41, 5.74) is 8.86. The van der Waals surface area contributed by atoms with E-state index in [-0.39, 0.29) is 5.56 Å². The molecule has 0 fully saturated rings. The molecule has 0 radical (unpaired) electrons. The zero-order valence-electron chi connectivity index (χ0n) is 11.6. The van der Waals surface area contributed by atoms with Crippen molar-refractivity contribution in [2.24, 2.45) is 5.73 Å². The Morgan fingerprint density at radius 2 is 1.95 bits per heavy atom. The van der Waals surface area contributed by atoms with Crippen molar-refractivity contribution in [2.45, 2.75) is 20.1 Å². The first kappa shape index (κ1) is 15.5. The molecule has 0 bridgehead atoms. The minimum atomic E-state index is -0.934. The van der Waals surface area contributed by atoms with E-state index in [9.17, 15) is 4.79 Å². The third-order valence-electron chi connectivity index (χ3n) is 3.12. The lowest BCUT2D eigenvalue weighted by molar-refractivity contribution is 0.0697. The molecule has 0 aliphatic heterocycles. The molecule has 0 amide bonds. The Hall–Kier alpha value is -1.85. The maximum Gasteiger partial charge on any atom is 0.335 e. The zero-order valence-corrected chi connectivity index (χ0v) is 13.2. The van der Waals surface area contributed by atoms with Gasteiger partial charge in [0, 0.05) is 16.6 Å². The van der Waals surface area contributed by atoms with Crippen molar-refractivity contribution in [1.29, 1.82) is 0 Å². The number of rotatable bonds is 5. The molecule has 0 saturated carbocycles. The number of benzene rings is 2. The molecule has 0 aliphatic carbocycles. The Labute approximate surface area is 131 Å². The summed E-state index contributed by atoms with van der Waals surface area (Å²) >= 11 is 3.44. The second-order valence-corrected chi connectivity index (χ2v) is 5.62. The van der Waals surface area contributed by atoms with Crippen LogP contribution < -0.4 is 10.5 Å². The summed E-state index contributed by atoms with van der Waals surface area (Å²) < 4.78 is 6.82. The van der Waals surface area contributed by atoms with Crippen LogP contribution in [0.15, 0.2) is 40.9 Å². The van der Waals surface area contributed by atoms with Crippen LogP contribution in [-0.4, -0.2) is 11.1 Å². The first-order chi connectivity index (χ1) is 10.0. The predicted molar refractivity (Wildman–Crippen MR) is 84.5 cm³/mol. The molecule has 0 saturated heterocycles. The highest BCUT2D eigenvalue weighted by Crippen LogP contribution is 2.28. The fraction of sp³-hybridized carbons (Fsp3) is 0.188.